The minimum absolute atomic E-state index is 0. The molecule has 0 aliphatic heterocycles. The average molecular weight is 366 g/mol. The molecule has 0 aliphatic rings. The molecular weight excluding hydrogens is 359 g/mol. The smallest absolute Gasteiger partial charge is 0.0319 e. The zero-order valence-corrected chi connectivity index (χ0v) is 10.8. The maximum Gasteiger partial charge on any atom is 0.0319 e. The number of halogens is 3. The van der Waals surface area contributed by atoms with Crippen LogP contribution in [0.25, 0.3) is 0 Å². The third-order valence-corrected chi connectivity index (χ3v) is 0. The van der Waals surface area contributed by atoms with Crippen molar-refractivity contribution in [3.8, 4) is 0 Å². The second-order valence-electron chi connectivity index (χ2n) is 0. The average Bonchev–Trinajstić information content (AvgIpc) is 1.00. The molecule has 0 spiro atoms. The number of hydrogen-bond donors (Lipinski definition) is 1. The van der Waals surface area contributed by atoms with Crippen molar-refractivity contribution in [2.45, 2.75) is 0 Å². The van der Waals surface area contributed by atoms with E-state index in [4.69, 9.17) is 5.11 Å². The molecule has 0 atom stereocenters. The quantitative estimate of drug-likeness (QED) is 0.687. The summed E-state index contributed by atoms with van der Waals surface area (Å²) in [5.74, 6) is 0. The van der Waals surface area contributed by atoms with Gasteiger partial charge >= 0.3 is 0 Å². The zero-order chi connectivity index (χ0) is 2.00. The minimum Gasteiger partial charge on any atom is -0.400 e. The summed E-state index contributed by atoms with van der Waals surface area (Å²) >= 11 is 0. The van der Waals surface area contributed by atoms with Crippen LogP contribution >= 0.6 is 50.9 Å². The van der Waals surface area contributed by atoms with Crippen LogP contribution in [0.3, 0.4) is 0 Å². The molecule has 1 nitrogen and oxygen atoms in total. The predicted molar refractivity (Wildman–Crippen MR) is 39.1 cm³/mol. The Morgan fingerprint density at radius 2 is 0.833 bits per heavy atom. The van der Waals surface area contributed by atoms with Crippen LogP contribution in [0.2, 0.25) is 0 Å². The second kappa shape index (κ2) is 55.2. The summed E-state index contributed by atoms with van der Waals surface area (Å²) in [5.41, 5.74) is 0. The van der Waals surface area contributed by atoms with Gasteiger partial charge in [-0.2, -0.15) is 0 Å². The van der Waals surface area contributed by atoms with Gasteiger partial charge in [-0.05, 0) is 0 Å². The summed E-state index contributed by atoms with van der Waals surface area (Å²) in [4.78, 5) is 0. The van der Waals surface area contributed by atoms with Crippen molar-refractivity contribution < 1.29 is 31.3 Å². The Morgan fingerprint density at radius 1 is 0.833 bits per heavy atom. The SMILES string of the molecule is Br.Br.Br.CO.[Zr]. The Kier molecular flexibility index (Phi) is 375. The van der Waals surface area contributed by atoms with Gasteiger partial charge in [0, 0.05) is 33.3 Å². The maximum absolute atomic E-state index is 7.00. The molecule has 0 aromatic heterocycles. The molecule has 0 radical (unpaired) electrons. The third kappa shape index (κ3) is 33.6. The molecule has 1 N–H and O–H groups in total. The molecule has 0 aromatic rings. The fourth-order valence-electron chi connectivity index (χ4n) is 0. The van der Waals surface area contributed by atoms with Crippen LogP contribution in [-0.4, -0.2) is 12.2 Å². The molecule has 6 heavy (non-hydrogen) atoms. The Bertz CT molecular complexity index is 10.8. The van der Waals surface area contributed by atoms with E-state index in [1.54, 1.807) is 0 Å². The van der Waals surface area contributed by atoms with Crippen molar-refractivity contribution in [3.63, 3.8) is 0 Å². The van der Waals surface area contributed by atoms with Crippen LogP contribution in [0, 0.1) is 0 Å². The molecule has 0 bridgehead atoms. The van der Waals surface area contributed by atoms with Crippen molar-refractivity contribution >= 4 is 50.9 Å². The third-order valence-electron chi connectivity index (χ3n) is 0. The monoisotopic (exact) mass is 362 g/mol. The van der Waals surface area contributed by atoms with E-state index in [9.17, 15) is 0 Å². The second-order valence-corrected chi connectivity index (χ2v) is 0. The first-order valence-corrected chi connectivity index (χ1v) is 0.447. The molecule has 0 fully saturated rings. The minimum atomic E-state index is 0. The van der Waals surface area contributed by atoms with Crippen LogP contribution < -0.4 is 0 Å². The molecule has 0 saturated carbocycles. The van der Waals surface area contributed by atoms with Crippen LogP contribution in [0.5, 0.6) is 0 Å². The van der Waals surface area contributed by atoms with Crippen molar-refractivity contribution in [2.24, 2.45) is 0 Å². The van der Waals surface area contributed by atoms with Gasteiger partial charge in [0.25, 0.3) is 0 Å². The van der Waals surface area contributed by atoms with Crippen molar-refractivity contribution in [2.75, 3.05) is 7.11 Å². The van der Waals surface area contributed by atoms with Gasteiger partial charge in [0.1, 0.15) is 0 Å². The molecule has 0 aliphatic carbocycles. The van der Waals surface area contributed by atoms with Crippen molar-refractivity contribution in [3.05, 3.63) is 0 Å². The fourth-order valence-corrected chi connectivity index (χ4v) is 0. The van der Waals surface area contributed by atoms with Gasteiger partial charge < -0.3 is 5.11 Å². The summed E-state index contributed by atoms with van der Waals surface area (Å²) in [6.07, 6.45) is 0. The first-order chi connectivity index (χ1) is 1.00. The summed E-state index contributed by atoms with van der Waals surface area (Å²) in [5, 5.41) is 7.00. The first kappa shape index (κ1) is 40.8. The largest absolute Gasteiger partial charge is 0.400 e. The molecule has 0 unspecified atom stereocenters. The molecule has 0 heterocycles. The molecule has 42 valence electrons. The van der Waals surface area contributed by atoms with Gasteiger partial charge in [-0.1, -0.05) is 0 Å². The van der Waals surface area contributed by atoms with E-state index in [1.165, 1.54) is 0 Å². The summed E-state index contributed by atoms with van der Waals surface area (Å²) in [6, 6.07) is 0. The maximum atomic E-state index is 7.00. The molecule has 0 rings (SSSR count). The van der Waals surface area contributed by atoms with E-state index in [1.807, 2.05) is 0 Å². The van der Waals surface area contributed by atoms with Crippen LogP contribution in [0.15, 0.2) is 0 Å². The van der Waals surface area contributed by atoms with Crippen LogP contribution in [-0.2, 0) is 26.2 Å². The van der Waals surface area contributed by atoms with E-state index in [0.29, 0.717) is 0 Å². The van der Waals surface area contributed by atoms with Gasteiger partial charge in [0.05, 0.1) is 0 Å². The Morgan fingerprint density at radius 3 is 0.833 bits per heavy atom. The van der Waals surface area contributed by atoms with Gasteiger partial charge in [-0.25, -0.2) is 0 Å². The fraction of sp³-hybridized carbons (Fsp3) is 1.00. The predicted octanol–water partition coefficient (Wildman–Crippen LogP) is 1.34. The summed E-state index contributed by atoms with van der Waals surface area (Å²) in [6.45, 7) is 0. The van der Waals surface area contributed by atoms with Gasteiger partial charge in [0.15, 0.2) is 0 Å². The Labute approximate surface area is 88.3 Å². The molecule has 0 saturated heterocycles. The Hall–Kier alpha value is 2.28. The topological polar surface area (TPSA) is 20.2 Å². The van der Waals surface area contributed by atoms with E-state index >= 15 is 0 Å². The number of rotatable bonds is 0. The van der Waals surface area contributed by atoms with Crippen molar-refractivity contribution in [1.82, 2.24) is 0 Å². The molecular formula is CH7Br3OZr. The van der Waals surface area contributed by atoms with E-state index < -0.39 is 0 Å². The number of hydrogen-bond acceptors (Lipinski definition) is 1. The first-order valence-electron chi connectivity index (χ1n) is 0.447. The Balaban J connectivity index is -0.000000000833. The van der Waals surface area contributed by atoms with Crippen LogP contribution in [0.1, 0.15) is 0 Å². The zero-order valence-electron chi connectivity index (χ0n) is 3.17. The standard InChI is InChI=1S/CH4O.3BrH.Zr/c1-2;;;;/h2H,1H3;3*1H;. The van der Waals surface area contributed by atoms with Crippen LogP contribution in [0.4, 0.5) is 0 Å². The summed E-state index contributed by atoms with van der Waals surface area (Å²) in [7, 11) is 1.00. The van der Waals surface area contributed by atoms with Gasteiger partial charge in [-0.15, -0.1) is 50.9 Å². The molecule has 0 amide bonds. The van der Waals surface area contributed by atoms with E-state index in [0.717, 1.165) is 7.11 Å². The van der Waals surface area contributed by atoms with E-state index in [2.05, 4.69) is 0 Å². The normalized spacial score (nSPS) is 1.00. The number of aliphatic hydroxyl groups excluding tert-OH is 1. The van der Waals surface area contributed by atoms with E-state index in [-0.39, 0.29) is 77.1 Å². The van der Waals surface area contributed by atoms with Crippen molar-refractivity contribution in [1.29, 1.82) is 0 Å². The van der Waals surface area contributed by atoms with Gasteiger partial charge in [0.2, 0.25) is 0 Å². The summed E-state index contributed by atoms with van der Waals surface area (Å²) < 4.78 is 0. The number of aliphatic hydroxyl groups is 1. The molecule has 0 aromatic carbocycles. The molecule has 5 heteroatoms. The van der Waals surface area contributed by atoms with Gasteiger partial charge in [-0.3, -0.25) is 0 Å².